The molecule has 21 heavy (non-hydrogen) atoms. The fourth-order valence-electron chi connectivity index (χ4n) is 1.84. The molecular formula is C14H25N3O4. The summed E-state index contributed by atoms with van der Waals surface area (Å²) in [6.45, 7) is 9.33. The molecule has 0 saturated heterocycles. The molecule has 120 valence electrons. The number of primary amides is 1. The lowest BCUT2D eigenvalue weighted by Crippen LogP contribution is -2.51. The van der Waals surface area contributed by atoms with E-state index in [4.69, 9.17) is 10.5 Å². The molecule has 0 aromatic carbocycles. The number of carbonyl (C=O) groups excluding carboxylic acids is 3. The summed E-state index contributed by atoms with van der Waals surface area (Å²) in [7, 11) is 0. The van der Waals surface area contributed by atoms with Crippen LogP contribution in [-0.4, -0.2) is 48.5 Å². The number of ether oxygens (including phenoxy) is 1. The van der Waals surface area contributed by atoms with Gasteiger partial charge in [0, 0.05) is 6.54 Å². The number of esters is 1. The second-order valence-electron chi connectivity index (χ2n) is 5.00. The lowest BCUT2D eigenvalue weighted by Gasteiger charge is -2.26. The molecule has 0 fully saturated rings. The van der Waals surface area contributed by atoms with Crippen molar-refractivity contribution in [3.63, 3.8) is 0 Å². The van der Waals surface area contributed by atoms with Crippen LogP contribution in [0.5, 0.6) is 0 Å². The van der Waals surface area contributed by atoms with E-state index in [-0.39, 0.29) is 31.5 Å². The molecule has 0 aliphatic rings. The Morgan fingerprint density at radius 3 is 2.43 bits per heavy atom. The highest BCUT2D eigenvalue weighted by Crippen LogP contribution is 2.08. The van der Waals surface area contributed by atoms with Gasteiger partial charge in [0.15, 0.2) is 0 Å². The van der Waals surface area contributed by atoms with E-state index in [0.717, 1.165) is 0 Å². The summed E-state index contributed by atoms with van der Waals surface area (Å²) in [5.74, 6) is -0.704. The summed E-state index contributed by atoms with van der Waals surface area (Å²) in [6, 6.07) is -1.54. The molecule has 0 spiro atoms. The maximum absolute atomic E-state index is 12.4. The Labute approximate surface area is 125 Å². The molecule has 0 bridgehead atoms. The van der Waals surface area contributed by atoms with Gasteiger partial charge in [0.1, 0.15) is 12.6 Å². The molecule has 0 aromatic rings. The Morgan fingerprint density at radius 2 is 2.00 bits per heavy atom. The van der Waals surface area contributed by atoms with Gasteiger partial charge in [0.25, 0.3) is 0 Å². The van der Waals surface area contributed by atoms with Crippen LogP contribution in [0, 0.1) is 5.92 Å². The van der Waals surface area contributed by atoms with Crippen LogP contribution in [0.2, 0.25) is 0 Å². The van der Waals surface area contributed by atoms with Gasteiger partial charge in [-0.25, -0.2) is 4.79 Å². The van der Waals surface area contributed by atoms with E-state index in [1.807, 2.05) is 13.8 Å². The van der Waals surface area contributed by atoms with Crippen molar-refractivity contribution in [1.29, 1.82) is 0 Å². The largest absolute Gasteiger partial charge is 0.465 e. The van der Waals surface area contributed by atoms with Crippen molar-refractivity contribution in [3.8, 4) is 0 Å². The van der Waals surface area contributed by atoms with Crippen molar-refractivity contribution >= 4 is 17.9 Å². The van der Waals surface area contributed by atoms with Crippen LogP contribution in [-0.2, 0) is 14.3 Å². The zero-order chi connectivity index (χ0) is 16.4. The fourth-order valence-corrected chi connectivity index (χ4v) is 1.84. The van der Waals surface area contributed by atoms with E-state index in [9.17, 15) is 14.4 Å². The van der Waals surface area contributed by atoms with E-state index in [1.54, 1.807) is 6.92 Å². The van der Waals surface area contributed by atoms with Crippen molar-refractivity contribution in [2.75, 3.05) is 19.7 Å². The predicted octanol–water partition coefficient (Wildman–Crippen LogP) is 0.647. The van der Waals surface area contributed by atoms with Gasteiger partial charge in [-0.1, -0.05) is 19.9 Å². The van der Waals surface area contributed by atoms with Gasteiger partial charge in [0.2, 0.25) is 5.91 Å². The molecule has 1 unspecified atom stereocenters. The molecule has 7 heteroatoms. The van der Waals surface area contributed by atoms with E-state index in [1.165, 1.54) is 11.0 Å². The molecule has 0 aromatic heterocycles. The summed E-state index contributed by atoms with van der Waals surface area (Å²) in [6.07, 6.45) is 1.94. The predicted molar refractivity (Wildman–Crippen MR) is 79.4 cm³/mol. The van der Waals surface area contributed by atoms with Crippen molar-refractivity contribution < 1.29 is 19.1 Å². The Balaban J connectivity index is 4.96. The lowest BCUT2D eigenvalue weighted by atomic mass is 10.0. The molecule has 0 aliphatic heterocycles. The number of amides is 3. The monoisotopic (exact) mass is 299 g/mol. The molecule has 0 saturated carbocycles. The van der Waals surface area contributed by atoms with Crippen LogP contribution in [0.25, 0.3) is 0 Å². The highest BCUT2D eigenvalue weighted by Gasteiger charge is 2.27. The molecule has 0 radical (unpaired) electrons. The second-order valence-corrected chi connectivity index (χ2v) is 5.00. The van der Waals surface area contributed by atoms with Crippen LogP contribution in [0.3, 0.4) is 0 Å². The number of nitrogens with two attached hydrogens (primary N) is 1. The Bertz CT molecular complexity index is 382. The average Bonchev–Trinajstić information content (AvgIpc) is 2.35. The van der Waals surface area contributed by atoms with Crippen LogP contribution < -0.4 is 11.1 Å². The second kappa shape index (κ2) is 9.79. The van der Waals surface area contributed by atoms with Gasteiger partial charge in [0.05, 0.1) is 6.61 Å². The highest BCUT2D eigenvalue weighted by atomic mass is 16.5. The first kappa shape index (κ1) is 18.9. The fraction of sp³-hybridized carbons (Fsp3) is 0.643. The van der Waals surface area contributed by atoms with Gasteiger partial charge >= 0.3 is 12.0 Å². The molecule has 1 atom stereocenters. The molecule has 0 aliphatic carbocycles. The number of hydrogen-bond donors (Lipinski definition) is 2. The quantitative estimate of drug-likeness (QED) is 0.482. The maximum Gasteiger partial charge on any atom is 0.325 e. The average molecular weight is 299 g/mol. The topological polar surface area (TPSA) is 102 Å². The van der Waals surface area contributed by atoms with E-state index in [2.05, 4.69) is 11.9 Å². The van der Waals surface area contributed by atoms with E-state index in [0.29, 0.717) is 6.42 Å². The summed E-state index contributed by atoms with van der Waals surface area (Å²) < 4.78 is 4.83. The van der Waals surface area contributed by atoms with Crippen molar-refractivity contribution in [2.24, 2.45) is 11.7 Å². The zero-order valence-electron chi connectivity index (χ0n) is 12.9. The smallest absolute Gasteiger partial charge is 0.325 e. The van der Waals surface area contributed by atoms with Gasteiger partial charge in [-0.15, -0.1) is 6.58 Å². The number of hydrogen-bond acceptors (Lipinski definition) is 4. The number of carbonyl (C=O) groups is 3. The Morgan fingerprint density at radius 1 is 1.38 bits per heavy atom. The van der Waals surface area contributed by atoms with Gasteiger partial charge in [-0.3, -0.25) is 9.59 Å². The number of nitrogens with zero attached hydrogens (tertiary/aromatic N) is 1. The van der Waals surface area contributed by atoms with Crippen LogP contribution in [0.15, 0.2) is 12.7 Å². The minimum Gasteiger partial charge on any atom is -0.465 e. The van der Waals surface area contributed by atoms with Gasteiger partial charge in [-0.2, -0.15) is 0 Å². The Kier molecular flexibility index (Phi) is 8.84. The molecule has 0 heterocycles. The zero-order valence-corrected chi connectivity index (χ0v) is 12.9. The van der Waals surface area contributed by atoms with E-state index < -0.39 is 18.0 Å². The molecule has 3 amide bonds. The van der Waals surface area contributed by atoms with Crippen molar-refractivity contribution in [3.05, 3.63) is 12.7 Å². The van der Waals surface area contributed by atoms with Crippen molar-refractivity contribution in [2.45, 2.75) is 33.2 Å². The third-order valence-corrected chi connectivity index (χ3v) is 2.61. The first-order valence-corrected chi connectivity index (χ1v) is 6.93. The van der Waals surface area contributed by atoms with Crippen LogP contribution in [0.4, 0.5) is 4.79 Å². The van der Waals surface area contributed by atoms with Gasteiger partial charge < -0.3 is 20.7 Å². The SMILES string of the molecule is C=CCN(CC(=O)OCC)C(=O)C(CC(C)C)NC(N)=O. The minimum absolute atomic E-state index is 0.180. The minimum atomic E-state index is -0.774. The highest BCUT2D eigenvalue weighted by molar-refractivity contribution is 5.89. The lowest BCUT2D eigenvalue weighted by molar-refractivity contribution is -0.149. The molecule has 0 rings (SSSR count). The normalized spacial score (nSPS) is 11.6. The summed E-state index contributed by atoms with van der Waals surface area (Å²) in [5.41, 5.74) is 5.10. The van der Waals surface area contributed by atoms with E-state index >= 15 is 0 Å². The first-order chi connectivity index (χ1) is 9.81. The molecular weight excluding hydrogens is 274 g/mol. The molecule has 3 N–H and O–H groups in total. The summed E-state index contributed by atoms with van der Waals surface area (Å²) in [5, 5.41) is 2.42. The number of urea groups is 1. The third kappa shape index (κ3) is 7.96. The summed E-state index contributed by atoms with van der Waals surface area (Å²) in [4.78, 5) is 36.3. The first-order valence-electron chi connectivity index (χ1n) is 6.93. The standard InChI is InChI=1S/C14H25N3O4/c1-5-7-17(9-12(18)21-6-2)13(19)11(8-10(3)4)16-14(15)20/h5,10-11H,1,6-9H2,2-4H3,(H3,15,16,20). The van der Waals surface area contributed by atoms with Crippen molar-refractivity contribution in [1.82, 2.24) is 10.2 Å². The third-order valence-electron chi connectivity index (χ3n) is 2.61. The van der Waals surface area contributed by atoms with Crippen LogP contribution in [0.1, 0.15) is 27.2 Å². The number of nitrogens with one attached hydrogen (secondary N) is 1. The summed E-state index contributed by atoms with van der Waals surface area (Å²) >= 11 is 0. The Hall–Kier alpha value is -2.05. The number of rotatable bonds is 9. The maximum atomic E-state index is 12.4. The molecule has 7 nitrogen and oxygen atoms in total. The van der Waals surface area contributed by atoms with Crippen LogP contribution >= 0.6 is 0 Å². The van der Waals surface area contributed by atoms with Gasteiger partial charge in [-0.05, 0) is 19.3 Å².